The summed E-state index contributed by atoms with van der Waals surface area (Å²) in [4.78, 5) is 0.874. The molecule has 1 aromatic carbocycles. The molecule has 2 N–H and O–H groups in total. The average molecular weight is 286 g/mol. The summed E-state index contributed by atoms with van der Waals surface area (Å²) in [7, 11) is 0. The van der Waals surface area contributed by atoms with Crippen molar-refractivity contribution in [1.29, 1.82) is 0 Å². The third-order valence-electron chi connectivity index (χ3n) is 2.22. The molecule has 0 aliphatic heterocycles. The Morgan fingerprint density at radius 2 is 2.13 bits per heavy atom. The first-order chi connectivity index (χ1) is 7.09. The van der Waals surface area contributed by atoms with Crippen LogP contribution in [0.2, 0.25) is 0 Å². The smallest absolute Gasteiger partial charge is 0.132 e. The van der Waals surface area contributed by atoms with Crippen molar-refractivity contribution in [3.63, 3.8) is 0 Å². The zero-order valence-corrected chi connectivity index (χ0v) is 10.5. The Labute approximate surface area is 99.9 Å². The minimum absolute atomic E-state index is 0.232. The molecule has 0 amide bonds. The van der Waals surface area contributed by atoms with Gasteiger partial charge in [-0.1, -0.05) is 0 Å². The molecule has 0 spiro atoms. The maximum absolute atomic E-state index is 13.7. The highest BCUT2D eigenvalue weighted by molar-refractivity contribution is 9.10. The Morgan fingerprint density at radius 1 is 1.40 bits per heavy atom. The van der Waals surface area contributed by atoms with E-state index in [-0.39, 0.29) is 5.82 Å². The molecular formula is C11H9BrFNS. The van der Waals surface area contributed by atoms with Gasteiger partial charge in [-0.2, -0.15) is 0 Å². The van der Waals surface area contributed by atoms with Crippen LogP contribution >= 0.6 is 27.3 Å². The van der Waals surface area contributed by atoms with Gasteiger partial charge in [0.2, 0.25) is 0 Å². The minimum atomic E-state index is -0.232. The number of aryl methyl sites for hydroxylation is 1. The molecule has 1 aromatic heterocycles. The summed E-state index contributed by atoms with van der Waals surface area (Å²) in [5.41, 5.74) is 7.71. The molecule has 15 heavy (non-hydrogen) atoms. The van der Waals surface area contributed by atoms with Crippen LogP contribution in [0.3, 0.4) is 0 Å². The van der Waals surface area contributed by atoms with Gasteiger partial charge in [-0.15, -0.1) is 11.3 Å². The molecule has 0 saturated carbocycles. The molecule has 2 aromatic rings. The fourth-order valence-electron chi connectivity index (χ4n) is 1.35. The van der Waals surface area contributed by atoms with Gasteiger partial charge < -0.3 is 5.73 Å². The van der Waals surface area contributed by atoms with Crippen molar-refractivity contribution in [2.24, 2.45) is 0 Å². The molecule has 2 rings (SSSR count). The largest absolute Gasteiger partial charge is 0.398 e. The fraction of sp³-hybridized carbons (Fsp3) is 0.0909. The highest BCUT2D eigenvalue weighted by atomic mass is 79.9. The van der Waals surface area contributed by atoms with Gasteiger partial charge in [0, 0.05) is 15.7 Å². The van der Waals surface area contributed by atoms with Crippen molar-refractivity contribution in [1.82, 2.24) is 0 Å². The molecular weight excluding hydrogens is 277 g/mol. The molecule has 0 aliphatic rings. The lowest BCUT2D eigenvalue weighted by Crippen LogP contribution is -1.93. The van der Waals surface area contributed by atoms with Gasteiger partial charge in [0.1, 0.15) is 5.82 Å². The van der Waals surface area contributed by atoms with Crippen molar-refractivity contribution < 1.29 is 4.39 Å². The number of hydrogen-bond donors (Lipinski definition) is 1. The molecule has 1 nitrogen and oxygen atoms in total. The van der Waals surface area contributed by atoms with Crippen LogP contribution < -0.4 is 5.73 Å². The highest BCUT2D eigenvalue weighted by Gasteiger charge is 2.11. The van der Waals surface area contributed by atoms with E-state index in [1.165, 1.54) is 17.4 Å². The monoisotopic (exact) mass is 285 g/mol. The molecule has 0 fully saturated rings. The lowest BCUT2D eigenvalue weighted by Gasteiger charge is -2.06. The third-order valence-corrected chi connectivity index (χ3v) is 4.09. The molecule has 0 saturated heterocycles. The van der Waals surface area contributed by atoms with E-state index in [1.807, 2.05) is 11.4 Å². The average Bonchev–Trinajstić information content (AvgIpc) is 2.58. The second kappa shape index (κ2) is 3.94. The zero-order valence-electron chi connectivity index (χ0n) is 8.05. The summed E-state index contributed by atoms with van der Waals surface area (Å²) in [6, 6.07) is 5.05. The van der Waals surface area contributed by atoms with E-state index >= 15 is 0 Å². The zero-order chi connectivity index (χ0) is 11.0. The lowest BCUT2D eigenvalue weighted by molar-refractivity contribution is 0.630. The number of thiophene rings is 1. The van der Waals surface area contributed by atoms with Crippen LogP contribution in [0, 0.1) is 12.7 Å². The summed E-state index contributed by atoms with van der Waals surface area (Å²) in [5, 5.41) is 1.91. The number of benzene rings is 1. The van der Waals surface area contributed by atoms with Gasteiger partial charge in [-0.3, -0.25) is 0 Å². The van der Waals surface area contributed by atoms with Crippen LogP contribution in [0.4, 0.5) is 10.1 Å². The summed E-state index contributed by atoms with van der Waals surface area (Å²) >= 11 is 4.87. The number of rotatable bonds is 1. The van der Waals surface area contributed by atoms with E-state index in [4.69, 9.17) is 5.73 Å². The van der Waals surface area contributed by atoms with E-state index in [1.54, 1.807) is 13.0 Å². The number of nitrogens with two attached hydrogens (primary N) is 1. The van der Waals surface area contributed by atoms with Crippen LogP contribution in [0.15, 0.2) is 28.1 Å². The van der Waals surface area contributed by atoms with Crippen molar-refractivity contribution in [2.45, 2.75) is 6.92 Å². The maximum Gasteiger partial charge on any atom is 0.132 e. The molecule has 1 heterocycles. The Hall–Kier alpha value is -0.870. The van der Waals surface area contributed by atoms with Gasteiger partial charge in [0.25, 0.3) is 0 Å². The predicted octanol–water partition coefficient (Wildman–Crippen LogP) is 4.21. The normalized spacial score (nSPS) is 10.6. The van der Waals surface area contributed by atoms with Gasteiger partial charge >= 0.3 is 0 Å². The van der Waals surface area contributed by atoms with Gasteiger partial charge in [0.15, 0.2) is 0 Å². The van der Waals surface area contributed by atoms with Gasteiger partial charge in [-0.05, 0) is 52.0 Å². The van der Waals surface area contributed by atoms with Gasteiger partial charge in [-0.25, -0.2) is 4.39 Å². The first-order valence-electron chi connectivity index (χ1n) is 4.38. The highest BCUT2D eigenvalue weighted by Crippen LogP contribution is 2.36. The SMILES string of the molecule is Cc1cc(F)c(-c2sccc2Br)cc1N. The van der Waals surface area contributed by atoms with Crippen LogP contribution in [0.1, 0.15) is 5.56 Å². The Bertz CT molecular complexity index is 507. The van der Waals surface area contributed by atoms with Crippen LogP contribution in [0.5, 0.6) is 0 Å². The van der Waals surface area contributed by atoms with E-state index in [9.17, 15) is 4.39 Å². The summed E-state index contributed by atoms with van der Waals surface area (Å²) in [6.45, 7) is 1.80. The molecule has 0 unspecified atom stereocenters. The molecule has 0 bridgehead atoms. The molecule has 4 heteroatoms. The first-order valence-corrected chi connectivity index (χ1v) is 6.06. The topological polar surface area (TPSA) is 26.0 Å². The number of nitrogen functional groups attached to an aromatic ring is 1. The Balaban J connectivity index is 2.64. The van der Waals surface area contributed by atoms with Crippen LogP contribution in [-0.4, -0.2) is 0 Å². The van der Waals surface area contributed by atoms with E-state index in [2.05, 4.69) is 15.9 Å². The molecule has 0 radical (unpaired) electrons. The minimum Gasteiger partial charge on any atom is -0.398 e. The Morgan fingerprint density at radius 3 is 2.73 bits per heavy atom. The third kappa shape index (κ3) is 1.92. The number of halogens is 2. The van der Waals surface area contributed by atoms with Crippen molar-refractivity contribution in [3.05, 3.63) is 39.4 Å². The van der Waals surface area contributed by atoms with Crippen LogP contribution in [0.25, 0.3) is 10.4 Å². The standard InChI is InChI=1S/C11H9BrFNS/c1-6-4-9(13)7(5-10(6)14)11-8(12)2-3-15-11/h2-5H,14H2,1H3. The lowest BCUT2D eigenvalue weighted by atomic mass is 10.1. The molecule has 78 valence electrons. The van der Waals surface area contributed by atoms with Gasteiger partial charge in [0.05, 0.1) is 4.88 Å². The second-order valence-electron chi connectivity index (χ2n) is 3.29. The first kappa shape index (κ1) is 10.6. The van der Waals surface area contributed by atoms with Crippen molar-refractivity contribution >= 4 is 33.0 Å². The van der Waals surface area contributed by atoms with E-state index < -0.39 is 0 Å². The summed E-state index contributed by atoms with van der Waals surface area (Å²) in [5.74, 6) is -0.232. The second-order valence-corrected chi connectivity index (χ2v) is 5.06. The van der Waals surface area contributed by atoms with Crippen molar-refractivity contribution in [3.8, 4) is 10.4 Å². The molecule has 0 atom stereocenters. The summed E-state index contributed by atoms with van der Waals surface area (Å²) < 4.78 is 14.6. The number of anilines is 1. The Kier molecular flexibility index (Phi) is 2.80. The van der Waals surface area contributed by atoms with Crippen molar-refractivity contribution in [2.75, 3.05) is 5.73 Å². The maximum atomic E-state index is 13.7. The fourth-order valence-corrected chi connectivity index (χ4v) is 2.95. The summed E-state index contributed by atoms with van der Waals surface area (Å²) in [6.07, 6.45) is 0. The quantitative estimate of drug-likeness (QED) is 0.781. The molecule has 0 aliphatic carbocycles. The number of hydrogen-bond acceptors (Lipinski definition) is 2. The van der Waals surface area contributed by atoms with E-state index in [0.717, 1.165) is 14.9 Å². The van der Waals surface area contributed by atoms with Crippen LogP contribution in [-0.2, 0) is 0 Å². The predicted molar refractivity (Wildman–Crippen MR) is 66.6 cm³/mol. The van der Waals surface area contributed by atoms with E-state index in [0.29, 0.717) is 11.3 Å².